The van der Waals surface area contributed by atoms with E-state index in [0.717, 1.165) is 0 Å². The first-order chi connectivity index (χ1) is 8.39. The van der Waals surface area contributed by atoms with E-state index in [1.54, 1.807) is 13.0 Å². The first-order valence-electron chi connectivity index (χ1n) is 5.97. The van der Waals surface area contributed by atoms with Crippen molar-refractivity contribution in [3.8, 4) is 0 Å². The first kappa shape index (κ1) is 13.3. The van der Waals surface area contributed by atoms with Crippen LogP contribution in [0.2, 0.25) is 0 Å². The van der Waals surface area contributed by atoms with Crippen LogP contribution in [0.3, 0.4) is 0 Å². The summed E-state index contributed by atoms with van der Waals surface area (Å²) in [7, 11) is 0. The molecule has 0 saturated carbocycles. The van der Waals surface area contributed by atoms with Gasteiger partial charge in [-0.05, 0) is 43.4 Å². The van der Waals surface area contributed by atoms with Crippen LogP contribution >= 0.6 is 0 Å². The summed E-state index contributed by atoms with van der Waals surface area (Å²) in [6, 6.07) is 2.65. The number of halogens is 4. The predicted molar refractivity (Wildman–Crippen MR) is 60.7 cm³/mol. The Balaban J connectivity index is 2.21. The smallest absolute Gasteiger partial charge is 0.299 e. The van der Waals surface area contributed by atoms with Gasteiger partial charge in [0.2, 0.25) is 0 Å². The summed E-state index contributed by atoms with van der Waals surface area (Å²) in [6.07, 6.45) is -3.04. The number of alkyl halides is 3. The van der Waals surface area contributed by atoms with Crippen molar-refractivity contribution in [2.45, 2.75) is 44.4 Å². The molecular weight excluding hydrogens is 246 g/mol. The maximum Gasteiger partial charge on any atom is 0.403 e. The van der Waals surface area contributed by atoms with Crippen LogP contribution in [0.15, 0.2) is 18.2 Å². The molecule has 0 radical (unpaired) electrons. The summed E-state index contributed by atoms with van der Waals surface area (Å²) in [6.45, 7) is 1.60. The van der Waals surface area contributed by atoms with Gasteiger partial charge in [-0.15, -0.1) is 0 Å². The highest BCUT2D eigenvalue weighted by Crippen LogP contribution is 2.34. The lowest BCUT2D eigenvalue weighted by atomic mass is 9.91. The highest BCUT2D eigenvalue weighted by molar-refractivity contribution is 5.30. The molecule has 2 rings (SSSR count). The van der Waals surface area contributed by atoms with Crippen LogP contribution in [0, 0.1) is 12.7 Å². The van der Waals surface area contributed by atoms with E-state index in [0.29, 0.717) is 24.0 Å². The second-order valence-corrected chi connectivity index (χ2v) is 4.70. The molecule has 2 unspecified atom stereocenters. The number of hydrogen-bond donors (Lipinski definition) is 1. The topological polar surface area (TPSA) is 12.0 Å². The van der Waals surface area contributed by atoms with Crippen molar-refractivity contribution in [1.29, 1.82) is 0 Å². The average Bonchev–Trinajstić information content (AvgIpc) is 2.32. The molecule has 2 atom stereocenters. The number of benzene rings is 1. The lowest BCUT2D eigenvalue weighted by molar-refractivity contribution is -0.163. The van der Waals surface area contributed by atoms with E-state index in [1.807, 2.05) is 0 Å². The Morgan fingerprint density at radius 1 is 1.22 bits per heavy atom. The van der Waals surface area contributed by atoms with Crippen molar-refractivity contribution in [3.05, 3.63) is 35.1 Å². The van der Waals surface area contributed by atoms with Crippen LogP contribution < -0.4 is 5.32 Å². The van der Waals surface area contributed by atoms with Crippen LogP contribution in [0.5, 0.6) is 0 Å². The molecule has 1 fully saturated rings. The van der Waals surface area contributed by atoms with Crippen molar-refractivity contribution in [2.24, 2.45) is 0 Å². The van der Waals surface area contributed by atoms with Gasteiger partial charge in [-0.1, -0.05) is 12.1 Å². The molecule has 18 heavy (non-hydrogen) atoms. The third-order valence-electron chi connectivity index (χ3n) is 3.47. The number of nitrogens with one attached hydrogen (secondary N) is 1. The van der Waals surface area contributed by atoms with Crippen LogP contribution in [0.1, 0.15) is 36.4 Å². The Hall–Kier alpha value is -1.10. The van der Waals surface area contributed by atoms with Gasteiger partial charge in [-0.2, -0.15) is 13.2 Å². The quantitative estimate of drug-likeness (QED) is 0.756. The number of hydrogen-bond acceptors (Lipinski definition) is 1. The van der Waals surface area contributed by atoms with Gasteiger partial charge in [0.05, 0.1) is 0 Å². The average molecular weight is 261 g/mol. The Bertz CT molecular complexity index is 427. The summed E-state index contributed by atoms with van der Waals surface area (Å²) in [5.41, 5.74) is 1.06. The van der Waals surface area contributed by atoms with Crippen LogP contribution in [0.25, 0.3) is 0 Å². The molecule has 1 saturated heterocycles. The fraction of sp³-hybridized carbons (Fsp3) is 0.538. The summed E-state index contributed by atoms with van der Waals surface area (Å²) in [5.74, 6) is -0.372. The van der Waals surface area contributed by atoms with E-state index >= 15 is 0 Å². The minimum atomic E-state index is -4.24. The molecular formula is C13H15F4N. The van der Waals surface area contributed by atoms with Gasteiger partial charge in [-0.25, -0.2) is 4.39 Å². The van der Waals surface area contributed by atoms with Gasteiger partial charge < -0.3 is 0 Å². The van der Waals surface area contributed by atoms with E-state index < -0.39 is 18.3 Å². The third-order valence-corrected chi connectivity index (χ3v) is 3.47. The van der Waals surface area contributed by atoms with Crippen molar-refractivity contribution in [1.82, 2.24) is 5.32 Å². The van der Waals surface area contributed by atoms with E-state index in [2.05, 4.69) is 5.32 Å². The molecule has 5 heteroatoms. The number of piperidine rings is 1. The third kappa shape index (κ3) is 2.66. The van der Waals surface area contributed by atoms with Crippen LogP contribution in [-0.4, -0.2) is 12.2 Å². The molecule has 100 valence electrons. The summed E-state index contributed by atoms with van der Waals surface area (Å²) in [5, 5.41) is 2.59. The highest BCUT2D eigenvalue weighted by Gasteiger charge is 2.42. The van der Waals surface area contributed by atoms with Gasteiger partial charge in [0.15, 0.2) is 0 Å². The molecule has 1 nitrogen and oxygen atoms in total. The summed E-state index contributed by atoms with van der Waals surface area (Å²) < 4.78 is 51.4. The van der Waals surface area contributed by atoms with Crippen molar-refractivity contribution < 1.29 is 17.6 Å². The minimum Gasteiger partial charge on any atom is -0.299 e. The first-order valence-corrected chi connectivity index (χ1v) is 5.97. The molecule has 1 heterocycles. The monoisotopic (exact) mass is 261 g/mol. The normalized spacial score (nSPS) is 25.2. The minimum absolute atomic E-state index is 0.0916. The fourth-order valence-electron chi connectivity index (χ4n) is 2.44. The Labute approximate surface area is 103 Å². The Kier molecular flexibility index (Phi) is 3.61. The fourth-order valence-corrected chi connectivity index (χ4v) is 2.44. The Morgan fingerprint density at radius 3 is 2.61 bits per heavy atom. The summed E-state index contributed by atoms with van der Waals surface area (Å²) in [4.78, 5) is 0. The predicted octanol–water partition coefficient (Wildman–Crippen LogP) is 3.88. The molecule has 1 aliphatic heterocycles. The summed E-state index contributed by atoms with van der Waals surface area (Å²) >= 11 is 0. The Morgan fingerprint density at radius 2 is 1.94 bits per heavy atom. The molecule has 1 aromatic carbocycles. The number of rotatable bonds is 1. The van der Waals surface area contributed by atoms with Gasteiger partial charge in [0, 0.05) is 6.04 Å². The van der Waals surface area contributed by atoms with Gasteiger partial charge >= 0.3 is 6.18 Å². The van der Waals surface area contributed by atoms with E-state index in [4.69, 9.17) is 0 Å². The zero-order valence-electron chi connectivity index (χ0n) is 10.0. The lowest BCUT2D eigenvalue weighted by Gasteiger charge is -2.33. The molecule has 0 aromatic heterocycles. The molecule has 1 aromatic rings. The molecule has 1 N–H and O–H groups in total. The van der Waals surface area contributed by atoms with Crippen molar-refractivity contribution in [2.75, 3.05) is 0 Å². The standard InChI is InChI=1S/C13H15F4N/c1-8-9(4-2-5-10(8)14)11-6-3-7-12(18-11)13(15,16)17/h2,4-5,11-12,18H,3,6-7H2,1H3. The molecule has 0 bridgehead atoms. The largest absolute Gasteiger partial charge is 0.403 e. The maximum atomic E-state index is 13.4. The zero-order chi connectivity index (χ0) is 13.3. The zero-order valence-corrected chi connectivity index (χ0v) is 10.0. The van der Waals surface area contributed by atoms with Crippen molar-refractivity contribution in [3.63, 3.8) is 0 Å². The van der Waals surface area contributed by atoms with Gasteiger partial charge in [0.1, 0.15) is 11.9 Å². The van der Waals surface area contributed by atoms with Crippen LogP contribution in [0.4, 0.5) is 17.6 Å². The van der Waals surface area contributed by atoms with Crippen molar-refractivity contribution >= 4 is 0 Å². The van der Waals surface area contributed by atoms with Gasteiger partial charge in [0.25, 0.3) is 0 Å². The molecule has 0 spiro atoms. The molecule has 0 aliphatic carbocycles. The van der Waals surface area contributed by atoms with Gasteiger partial charge in [-0.3, -0.25) is 5.32 Å². The second-order valence-electron chi connectivity index (χ2n) is 4.70. The maximum absolute atomic E-state index is 13.4. The highest BCUT2D eigenvalue weighted by atomic mass is 19.4. The van der Waals surface area contributed by atoms with E-state index in [9.17, 15) is 17.6 Å². The van der Waals surface area contributed by atoms with E-state index in [-0.39, 0.29) is 12.2 Å². The van der Waals surface area contributed by atoms with Crippen LogP contribution in [-0.2, 0) is 0 Å². The van der Waals surface area contributed by atoms with E-state index in [1.165, 1.54) is 12.1 Å². The molecule has 1 aliphatic rings. The lowest BCUT2D eigenvalue weighted by Crippen LogP contribution is -2.46. The SMILES string of the molecule is Cc1c(F)cccc1C1CCCC(C(F)(F)F)N1. The second kappa shape index (κ2) is 4.88. The molecule has 0 amide bonds.